The topological polar surface area (TPSA) is 75.1 Å². The number of rotatable bonds is 10. The zero-order chi connectivity index (χ0) is 21.1. The summed E-state index contributed by atoms with van der Waals surface area (Å²) in [6.07, 6.45) is -0.579. The second kappa shape index (κ2) is 12.1. The van der Waals surface area contributed by atoms with Gasteiger partial charge in [-0.05, 0) is 49.6 Å². The van der Waals surface area contributed by atoms with E-state index in [4.69, 9.17) is 9.47 Å². The molecule has 0 amide bonds. The quantitative estimate of drug-likeness (QED) is 0.422. The molecule has 0 aliphatic rings. The third-order valence-electron chi connectivity index (χ3n) is 4.25. The molecule has 0 spiro atoms. The minimum absolute atomic E-state index is 0.0917. The fraction of sp³-hybridized carbons (Fsp3) is 0.435. The molecule has 0 saturated carbocycles. The van der Waals surface area contributed by atoms with E-state index >= 15 is 0 Å². The van der Waals surface area contributed by atoms with Crippen LogP contribution in [0, 0.1) is 0 Å². The molecular formula is C23H33N3O3. The van der Waals surface area contributed by atoms with E-state index in [1.165, 1.54) is 0 Å². The number of guanidine groups is 1. The molecule has 0 bridgehead atoms. The highest BCUT2D eigenvalue weighted by atomic mass is 16.5. The molecule has 6 heteroatoms. The van der Waals surface area contributed by atoms with E-state index in [0.29, 0.717) is 25.7 Å². The highest BCUT2D eigenvalue weighted by Gasteiger charge is 2.10. The van der Waals surface area contributed by atoms with Crippen molar-refractivity contribution in [3.05, 3.63) is 65.2 Å². The number of benzene rings is 2. The smallest absolute Gasteiger partial charge is 0.191 e. The maximum absolute atomic E-state index is 10.6. The number of aliphatic hydroxyl groups is 1. The number of nitrogens with zero attached hydrogens (tertiary/aromatic N) is 1. The largest absolute Gasteiger partial charge is 0.491 e. The lowest BCUT2D eigenvalue weighted by atomic mass is 10.1. The number of aliphatic hydroxyl groups excluding tert-OH is 1. The monoisotopic (exact) mass is 399 g/mol. The van der Waals surface area contributed by atoms with E-state index in [1.54, 1.807) is 7.11 Å². The standard InChI is InChI=1S/C23H33N3O3/c1-5-24-23(25-14-19-9-6-7-10-20(19)16-28-4)26-15-22(27)18-11-8-12-21(13-18)29-17(2)3/h6-13,17,22,27H,5,14-16H2,1-4H3,(H2,24,25,26). The molecule has 29 heavy (non-hydrogen) atoms. The van der Waals surface area contributed by atoms with E-state index < -0.39 is 6.10 Å². The molecule has 6 nitrogen and oxygen atoms in total. The first-order chi connectivity index (χ1) is 14.0. The molecule has 0 aromatic heterocycles. The maximum atomic E-state index is 10.6. The number of methoxy groups -OCH3 is 1. The van der Waals surface area contributed by atoms with Crippen molar-refractivity contribution in [2.75, 3.05) is 20.2 Å². The average molecular weight is 400 g/mol. The van der Waals surface area contributed by atoms with Crippen LogP contribution in [0.15, 0.2) is 53.5 Å². The van der Waals surface area contributed by atoms with Gasteiger partial charge in [-0.3, -0.25) is 0 Å². The highest BCUT2D eigenvalue weighted by molar-refractivity contribution is 5.79. The zero-order valence-corrected chi connectivity index (χ0v) is 17.8. The van der Waals surface area contributed by atoms with Crippen LogP contribution in [-0.2, 0) is 17.9 Å². The minimum atomic E-state index is -0.671. The third-order valence-corrected chi connectivity index (χ3v) is 4.25. The van der Waals surface area contributed by atoms with Crippen LogP contribution in [0.1, 0.15) is 43.6 Å². The SMILES string of the molecule is CCNC(=NCc1ccccc1COC)NCC(O)c1cccc(OC(C)C)c1. The maximum Gasteiger partial charge on any atom is 0.191 e. The van der Waals surface area contributed by atoms with Crippen LogP contribution in [0.3, 0.4) is 0 Å². The van der Waals surface area contributed by atoms with Crippen LogP contribution in [0.2, 0.25) is 0 Å². The summed E-state index contributed by atoms with van der Waals surface area (Å²) < 4.78 is 11.0. The molecule has 0 radical (unpaired) electrons. The first-order valence-corrected chi connectivity index (χ1v) is 10.1. The summed E-state index contributed by atoms with van der Waals surface area (Å²) in [6.45, 7) is 8.14. The lowest BCUT2D eigenvalue weighted by Crippen LogP contribution is -2.39. The Morgan fingerprint density at radius 2 is 1.83 bits per heavy atom. The van der Waals surface area contributed by atoms with Crippen LogP contribution < -0.4 is 15.4 Å². The van der Waals surface area contributed by atoms with Crippen molar-refractivity contribution in [2.24, 2.45) is 4.99 Å². The summed E-state index contributed by atoms with van der Waals surface area (Å²) in [7, 11) is 1.69. The van der Waals surface area contributed by atoms with Gasteiger partial charge >= 0.3 is 0 Å². The fourth-order valence-corrected chi connectivity index (χ4v) is 2.89. The number of ether oxygens (including phenoxy) is 2. The molecule has 0 heterocycles. The fourth-order valence-electron chi connectivity index (χ4n) is 2.89. The van der Waals surface area contributed by atoms with Crippen molar-refractivity contribution in [1.29, 1.82) is 0 Å². The van der Waals surface area contributed by atoms with Gasteiger partial charge in [0.15, 0.2) is 5.96 Å². The first-order valence-electron chi connectivity index (χ1n) is 10.1. The van der Waals surface area contributed by atoms with Crippen molar-refractivity contribution < 1.29 is 14.6 Å². The van der Waals surface area contributed by atoms with E-state index in [2.05, 4.69) is 21.7 Å². The molecule has 1 atom stereocenters. The third kappa shape index (κ3) is 7.75. The van der Waals surface area contributed by atoms with Crippen molar-refractivity contribution >= 4 is 5.96 Å². The number of nitrogens with one attached hydrogen (secondary N) is 2. The van der Waals surface area contributed by atoms with Crippen molar-refractivity contribution in [3.8, 4) is 5.75 Å². The van der Waals surface area contributed by atoms with Gasteiger partial charge in [-0.25, -0.2) is 4.99 Å². The molecule has 158 valence electrons. The van der Waals surface area contributed by atoms with Gasteiger partial charge in [0.05, 0.1) is 25.4 Å². The summed E-state index contributed by atoms with van der Waals surface area (Å²) in [5.41, 5.74) is 3.04. The Balaban J connectivity index is 2.01. The summed E-state index contributed by atoms with van der Waals surface area (Å²) >= 11 is 0. The first kappa shape index (κ1) is 22.7. The summed E-state index contributed by atoms with van der Waals surface area (Å²) in [5.74, 6) is 1.42. The van der Waals surface area contributed by atoms with Crippen LogP contribution in [0.25, 0.3) is 0 Å². The van der Waals surface area contributed by atoms with Gasteiger partial charge in [0, 0.05) is 20.2 Å². The van der Waals surface area contributed by atoms with Gasteiger partial charge in [0.2, 0.25) is 0 Å². The average Bonchev–Trinajstić information content (AvgIpc) is 2.70. The van der Waals surface area contributed by atoms with Gasteiger partial charge in [-0.1, -0.05) is 36.4 Å². The summed E-state index contributed by atoms with van der Waals surface area (Å²) in [6, 6.07) is 15.6. The van der Waals surface area contributed by atoms with Gasteiger partial charge in [-0.2, -0.15) is 0 Å². The van der Waals surface area contributed by atoms with Gasteiger partial charge in [0.25, 0.3) is 0 Å². The van der Waals surface area contributed by atoms with Gasteiger partial charge < -0.3 is 25.2 Å². The Bertz CT molecular complexity index is 777. The lowest BCUT2D eigenvalue weighted by molar-refractivity contribution is 0.179. The molecule has 0 fully saturated rings. The van der Waals surface area contributed by atoms with Crippen LogP contribution in [0.5, 0.6) is 5.75 Å². The molecule has 1 unspecified atom stereocenters. The Morgan fingerprint density at radius 1 is 1.07 bits per heavy atom. The molecule has 0 aliphatic heterocycles. The Hall–Kier alpha value is -2.57. The molecule has 2 aromatic rings. The number of hydrogen-bond acceptors (Lipinski definition) is 4. The van der Waals surface area contributed by atoms with Crippen molar-refractivity contribution in [1.82, 2.24) is 10.6 Å². The van der Waals surface area contributed by atoms with Crippen LogP contribution >= 0.6 is 0 Å². The van der Waals surface area contributed by atoms with Crippen molar-refractivity contribution in [2.45, 2.75) is 46.1 Å². The van der Waals surface area contributed by atoms with Crippen LogP contribution in [-0.4, -0.2) is 37.4 Å². The Kier molecular flexibility index (Phi) is 9.47. The normalized spacial score (nSPS) is 12.7. The molecule has 2 aromatic carbocycles. The minimum Gasteiger partial charge on any atom is -0.491 e. The molecule has 0 aliphatic carbocycles. The molecule has 2 rings (SSSR count). The predicted molar refractivity (Wildman–Crippen MR) is 117 cm³/mol. The molecular weight excluding hydrogens is 366 g/mol. The Labute approximate surface area is 174 Å². The molecule has 3 N–H and O–H groups in total. The van der Waals surface area contributed by atoms with Gasteiger partial charge in [-0.15, -0.1) is 0 Å². The number of aliphatic imine (C=N–C) groups is 1. The predicted octanol–water partition coefficient (Wildman–Crippen LogP) is 3.41. The second-order valence-corrected chi connectivity index (χ2v) is 7.03. The Morgan fingerprint density at radius 3 is 2.52 bits per heavy atom. The number of hydrogen-bond donors (Lipinski definition) is 3. The molecule has 0 saturated heterocycles. The van der Waals surface area contributed by atoms with Crippen LogP contribution in [0.4, 0.5) is 0 Å². The lowest BCUT2D eigenvalue weighted by Gasteiger charge is -2.17. The summed E-state index contributed by atoms with van der Waals surface area (Å²) in [4.78, 5) is 4.65. The van der Waals surface area contributed by atoms with E-state index in [1.807, 2.05) is 63.2 Å². The van der Waals surface area contributed by atoms with Crippen molar-refractivity contribution in [3.63, 3.8) is 0 Å². The zero-order valence-electron chi connectivity index (χ0n) is 17.8. The van der Waals surface area contributed by atoms with E-state index in [0.717, 1.165) is 29.0 Å². The van der Waals surface area contributed by atoms with Gasteiger partial charge in [0.1, 0.15) is 5.75 Å². The highest BCUT2D eigenvalue weighted by Crippen LogP contribution is 2.20. The van der Waals surface area contributed by atoms with E-state index in [-0.39, 0.29) is 6.10 Å². The second-order valence-electron chi connectivity index (χ2n) is 7.03. The van der Waals surface area contributed by atoms with E-state index in [9.17, 15) is 5.11 Å². The summed E-state index contributed by atoms with van der Waals surface area (Å²) in [5, 5.41) is 17.0.